The van der Waals surface area contributed by atoms with E-state index in [1.807, 2.05) is 30.3 Å². The van der Waals surface area contributed by atoms with Gasteiger partial charge in [0, 0.05) is 12.5 Å². The maximum absolute atomic E-state index is 15.2. The van der Waals surface area contributed by atoms with Crippen LogP contribution in [-0.2, 0) is 36.8 Å². The van der Waals surface area contributed by atoms with Gasteiger partial charge in [-0.1, -0.05) is 54.6 Å². The number of ether oxygens (including phenoxy) is 2. The fourth-order valence-electron chi connectivity index (χ4n) is 4.30. The summed E-state index contributed by atoms with van der Waals surface area (Å²) in [7, 11) is 1.62. The Labute approximate surface area is 208 Å². The Morgan fingerprint density at radius 1 is 0.667 bits per heavy atom. The molecular weight excluding hydrogens is 468 g/mol. The highest BCUT2D eigenvalue weighted by Gasteiger charge is 2.10. The maximum Gasteiger partial charge on any atom is 0.387 e. The summed E-state index contributed by atoms with van der Waals surface area (Å²) in [6, 6.07) is 21.0. The highest BCUT2D eigenvalue weighted by atomic mass is 19.3. The molecule has 36 heavy (non-hydrogen) atoms. The molecule has 0 N–H and O–H groups in total. The quantitative estimate of drug-likeness (QED) is 0.201. The molecule has 0 heterocycles. The summed E-state index contributed by atoms with van der Waals surface area (Å²) < 4.78 is 63.6. The van der Waals surface area contributed by atoms with Gasteiger partial charge in [-0.2, -0.15) is 8.78 Å². The van der Waals surface area contributed by atoms with Crippen LogP contribution < -0.4 is 4.74 Å². The molecule has 0 saturated carbocycles. The molecule has 6 heteroatoms. The predicted octanol–water partition coefficient (Wildman–Crippen LogP) is 7.48. The molecule has 188 valence electrons. The summed E-state index contributed by atoms with van der Waals surface area (Å²) in [5, 5.41) is 1.35. The van der Waals surface area contributed by atoms with Gasteiger partial charge in [0.25, 0.3) is 0 Å². The molecule has 0 spiro atoms. The van der Waals surface area contributed by atoms with Crippen LogP contribution in [-0.4, -0.2) is 20.3 Å². The summed E-state index contributed by atoms with van der Waals surface area (Å²) >= 11 is 0. The summed E-state index contributed by atoms with van der Waals surface area (Å²) in [6.07, 6.45) is 2.94. The fraction of sp³-hybridized carbons (Fsp3) is 0.267. The largest absolute Gasteiger partial charge is 0.435 e. The number of rotatable bonds is 11. The first-order valence-electron chi connectivity index (χ1n) is 11.9. The molecule has 0 aliphatic heterocycles. The van der Waals surface area contributed by atoms with Crippen molar-refractivity contribution >= 4 is 10.8 Å². The van der Waals surface area contributed by atoms with Crippen LogP contribution in [0.2, 0.25) is 0 Å². The van der Waals surface area contributed by atoms with E-state index in [0.717, 1.165) is 22.1 Å². The van der Waals surface area contributed by atoms with Crippen LogP contribution in [0.15, 0.2) is 72.8 Å². The Morgan fingerprint density at radius 3 is 2.03 bits per heavy atom. The summed E-state index contributed by atoms with van der Waals surface area (Å²) in [6.45, 7) is -2.30. The Hall–Kier alpha value is -3.38. The molecule has 4 rings (SSSR count). The number of fused-ring (bicyclic) bond motifs is 1. The van der Waals surface area contributed by atoms with Crippen LogP contribution in [0.25, 0.3) is 10.8 Å². The van der Waals surface area contributed by atoms with Gasteiger partial charge in [0.15, 0.2) is 0 Å². The van der Waals surface area contributed by atoms with Crippen molar-refractivity contribution in [1.29, 1.82) is 0 Å². The first-order chi connectivity index (χ1) is 17.4. The zero-order valence-electron chi connectivity index (χ0n) is 20.1. The number of methoxy groups -OCH3 is 1. The topological polar surface area (TPSA) is 18.5 Å². The summed E-state index contributed by atoms with van der Waals surface area (Å²) in [5.74, 6) is -0.367. The highest BCUT2D eigenvalue weighted by Crippen LogP contribution is 2.25. The molecule has 4 aromatic carbocycles. The maximum atomic E-state index is 15.2. The van der Waals surface area contributed by atoms with E-state index in [-0.39, 0.29) is 17.4 Å². The molecule has 0 atom stereocenters. The van der Waals surface area contributed by atoms with Crippen molar-refractivity contribution in [2.24, 2.45) is 0 Å². The number of benzene rings is 4. The standard InChI is InChI=1S/C30H28F4O2/c1-35-17-16-22-4-9-23(28(31)19-22)8-3-21-7-15-27-25(18-21)12-11-24(29(27)32)10-2-20-5-13-26(14-6-20)36-30(33)34/h4-7,9,11-15,18-19,30H,2-3,8,10,16-17H2,1H3. The number of hydrogen-bond acceptors (Lipinski definition) is 2. The van der Waals surface area contributed by atoms with Crippen LogP contribution >= 0.6 is 0 Å². The minimum Gasteiger partial charge on any atom is -0.435 e. The lowest BCUT2D eigenvalue weighted by atomic mass is 9.97. The minimum absolute atomic E-state index is 0.100. The summed E-state index contributed by atoms with van der Waals surface area (Å²) in [5.41, 5.74) is 4.09. The van der Waals surface area contributed by atoms with Crippen LogP contribution in [0.1, 0.15) is 27.8 Å². The van der Waals surface area contributed by atoms with E-state index in [1.165, 1.54) is 12.1 Å². The zero-order chi connectivity index (χ0) is 25.5. The number of hydrogen-bond donors (Lipinski definition) is 0. The third-order valence-electron chi connectivity index (χ3n) is 6.33. The number of aryl methyl sites for hydroxylation is 4. The lowest BCUT2D eigenvalue weighted by Gasteiger charge is -2.10. The fourth-order valence-corrected chi connectivity index (χ4v) is 4.30. The van der Waals surface area contributed by atoms with Gasteiger partial charge in [0.1, 0.15) is 17.4 Å². The second kappa shape index (κ2) is 12.0. The zero-order valence-corrected chi connectivity index (χ0v) is 20.1. The lowest BCUT2D eigenvalue weighted by Crippen LogP contribution is -2.02. The van der Waals surface area contributed by atoms with Gasteiger partial charge in [-0.3, -0.25) is 0 Å². The van der Waals surface area contributed by atoms with Crippen LogP contribution in [0.4, 0.5) is 17.6 Å². The molecule has 0 aliphatic carbocycles. The van der Waals surface area contributed by atoms with Crippen LogP contribution in [0.3, 0.4) is 0 Å². The molecule has 0 radical (unpaired) electrons. The van der Waals surface area contributed by atoms with E-state index >= 15 is 4.39 Å². The number of halogens is 4. The Morgan fingerprint density at radius 2 is 1.31 bits per heavy atom. The Balaban J connectivity index is 1.39. The van der Waals surface area contributed by atoms with Crippen molar-refractivity contribution in [1.82, 2.24) is 0 Å². The lowest BCUT2D eigenvalue weighted by molar-refractivity contribution is -0.0498. The van der Waals surface area contributed by atoms with Crippen molar-refractivity contribution in [3.05, 3.63) is 112 Å². The van der Waals surface area contributed by atoms with E-state index < -0.39 is 6.61 Å². The van der Waals surface area contributed by atoms with Gasteiger partial charge in [-0.05, 0) is 83.5 Å². The van der Waals surface area contributed by atoms with Gasteiger partial charge < -0.3 is 9.47 Å². The van der Waals surface area contributed by atoms with Gasteiger partial charge >= 0.3 is 6.61 Å². The average Bonchev–Trinajstić information content (AvgIpc) is 2.87. The molecule has 0 aliphatic rings. The third kappa shape index (κ3) is 6.64. The molecule has 0 bridgehead atoms. The molecule has 0 saturated heterocycles. The van der Waals surface area contributed by atoms with Gasteiger partial charge in [0.2, 0.25) is 0 Å². The monoisotopic (exact) mass is 496 g/mol. The van der Waals surface area contributed by atoms with E-state index in [2.05, 4.69) is 4.74 Å². The van der Waals surface area contributed by atoms with Gasteiger partial charge in [0.05, 0.1) is 6.61 Å². The minimum atomic E-state index is -2.86. The molecule has 2 nitrogen and oxygen atoms in total. The van der Waals surface area contributed by atoms with Crippen LogP contribution in [0, 0.1) is 11.6 Å². The summed E-state index contributed by atoms with van der Waals surface area (Å²) in [4.78, 5) is 0. The van der Waals surface area contributed by atoms with Crippen molar-refractivity contribution in [2.45, 2.75) is 38.7 Å². The van der Waals surface area contributed by atoms with Crippen LogP contribution in [0.5, 0.6) is 5.75 Å². The molecule has 0 fully saturated rings. The Kier molecular flexibility index (Phi) is 8.60. The van der Waals surface area contributed by atoms with Gasteiger partial charge in [-0.25, -0.2) is 8.78 Å². The Bertz CT molecular complexity index is 1300. The van der Waals surface area contributed by atoms with Crippen molar-refractivity contribution in [2.75, 3.05) is 13.7 Å². The third-order valence-corrected chi connectivity index (χ3v) is 6.33. The van der Waals surface area contributed by atoms with Crippen molar-refractivity contribution in [3.63, 3.8) is 0 Å². The van der Waals surface area contributed by atoms with E-state index in [4.69, 9.17) is 4.74 Å². The first kappa shape index (κ1) is 25.7. The average molecular weight is 497 g/mol. The molecular formula is C30H28F4O2. The normalized spacial score (nSPS) is 11.4. The van der Waals surface area contributed by atoms with Crippen molar-refractivity contribution in [3.8, 4) is 5.75 Å². The highest BCUT2D eigenvalue weighted by molar-refractivity contribution is 5.84. The van der Waals surface area contributed by atoms with Gasteiger partial charge in [-0.15, -0.1) is 0 Å². The second-order valence-corrected chi connectivity index (χ2v) is 8.79. The first-order valence-corrected chi connectivity index (χ1v) is 11.9. The SMILES string of the molecule is COCCc1ccc(CCc2ccc3c(F)c(CCc4ccc(OC(F)F)cc4)ccc3c2)c(F)c1. The molecule has 0 aromatic heterocycles. The molecule has 4 aromatic rings. The number of alkyl halides is 2. The molecule has 0 unspecified atom stereocenters. The van der Waals surface area contributed by atoms with Crippen molar-refractivity contribution < 1.29 is 27.0 Å². The van der Waals surface area contributed by atoms with E-state index in [9.17, 15) is 13.2 Å². The second-order valence-electron chi connectivity index (χ2n) is 8.79. The molecule has 0 amide bonds. The predicted molar refractivity (Wildman–Crippen MR) is 134 cm³/mol. The van der Waals surface area contributed by atoms with E-state index in [1.54, 1.807) is 37.4 Å². The smallest absolute Gasteiger partial charge is 0.387 e. The van der Waals surface area contributed by atoms with E-state index in [0.29, 0.717) is 55.2 Å².